The van der Waals surface area contributed by atoms with Crippen LogP contribution in [0.15, 0.2) is 4.52 Å². The Morgan fingerprint density at radius 1 is 1.45 bits per heavy atom. The van der Waals surface area contributed by atoms with Gasteiger partial charge in [-0.05, 0) is 52.0 Å². The molecule has 0 saturated carbocycles. The lowest BCUT2D eigenvalue weighted by molar-refractivity contribution is 0.214. The Labute approximate surface area is 125 Å². The van der Waals surface area contributed by atoms with Gasteiger partial charge in [-0.3, -0.25) is 4.90 Å². The van der Waals surface area contributed by atoms with Crippen molar-refractivity contribution < 1.29 is 4.52 Å². The highest BCUT2D eigenvalue weighted by Crippen LogP contribution is 2.22. The second-order valence-electron chi connectivity index (χ2n) is 5.49. The number of rotatable bonds is 5. The van der Waals surface area contributed by atoms with Crippen molar-refractivity contribution >= 4 is 11.8 Å². The van der Waals surface area contributed by atoms with Crippen molar-refractivity contribution in [3.63, 3.8) is 0 Å². The maximum absolute atomic E-state index is 6.08. The summed E-state index contributed by atoms with van der Waals surface area (Å²) in [6.45, 7) is 3.09. The first kappa shape index (κ1) is 15.8. The molecule has 6 nitrogen and oxygen atoms in total. The average molecular weight is 299 g/mol. The van der Waals surface area contributed by atoms with Crippen LogP contribution in [0, 0.1) is 0 Å². The number of nitrogens with two attached hydrogens (primary N) is 1. The van der Waals surface area contributed by atoms with Gasteiger partial charge < -0.3 is 15.2 Å². The van der Waals surface area contributed by atoms with Gasteiger partial charge in [0.15, 0.2) is 5.82 Å². The van der Waals surface area contributed by atoms with E-state index in [4.69, 9.17) is 10.3 Å². The predicted octanol–water partition coefficient (Wildman–Crippen LogP) is 1.13. The summed E-state index contributed by atoms with van der Waals surface area (Å²) < 4.78 is 5.36. The Hall–Kier alpha value is -0.630. The minimum atomic E-state index is -0.155. The average Bonchev–Trinajstić information content (AvgIpc) is 2.85. The maximum Gasteiger partial charge on any atom is 0.243 e. The van der Waals surface area contributed by atoms with Crippen molar-refractivity contribution in [3.8, 4) is 0 Å². The fourth-order valence-corrected chi connectivity index (χ4v) is 2.94. The molecule has 114 valence electrons. The zero-order chi connectivity index (χ0) is 14.5. The summed E-state index contributed by atoms with van der Waals surface area (Å²) in [6.07, 6.45) is 4.10. The quantitative estimate of drug-likeness (QED) is 0.874. The summed E-state index contributed by atoms with van der Waals surface area (Å²) >= 11 is 1.78. The van der Waals surface area contributed by atoms with Crippen LogP contribution in [0.1, 0.15) is 36.6 Å². The molecule has 2 rings (SSSR count). The third kappa shape index (κ3) is 3.94. The molecule has 0 radical (unpaired) electrons. The zero-order valence-corrected chi connectivity index (χ0v) is 13.4. The first-order valence-corrected chi connectivity index (χ1v) is 8.48. The van der Waals surface area contributed by atoms with Gasteiger partial charge in [0.2, 0.25) is 5.89 Å². The van der Waals surface area contributed by atoms with Crippen LogP contribution in [0.2, 0.25) is 0 Å². The normalized spacial score (nSPS) is 23.7. The molecule has 0 aliphatic carbocycles. The first-order chi connectivity index (χ1) is 9.61. The molecule has 1 aliphatic rings. The van der Waals surface area contributed by atoms with E-state index in [1.165, 1.54) is 6.42 Å². The molecule has 1 fully saturated rings. The molecule has 7 heteroatoms. The Kier molecular flexibility index (Phi) is 5.83. The van der Waals surface area contributed by atoms with E-state index in [1.54, 1.807) is 11.8 Å². The number of aromatic nitrogens is 2. The summed E-state index contributed by atoms with van der Waals surface area (Å²) in [5.74, 6) is 2.33. The molecule has 0 bridgehead atoms. The van der Waals surface area contributed by atoms with Crippen LogP contribution < -0.4 is 5.73 Å². The molecule has 0 spiro atoms. The molecule has 2 heterocycles. The van der Waals surface area contributed by atoms with Crippen LogP contribution in [0.3, 0.4) is 0 Å². The van der Waals surface area contributed by atoms with Crippen molar-refractivity contribution in [3.05, 3.63) is 11.7 Å². The summed E-state index contributed by atoms with van der Waals surface area (Å²) in [5, 5.41) is 4.15. The Morgan fingerprint density at radius 2 is 2.25 bits per heavy atom. The molecular formula is C13H25N5OS. The maximum atomic E-state index is 6.08. The van der Waals surface area contributed by atoms with Crippen molar-refractivity contribution in [2.24, 2.45) is 5.73 Å². The van der Waals surface area contributed by atoms with Gasteiger partial charge in [0.1, 0.15) is 0 Å². The fourth-order valence-electron chi connectivity index (χ4n) is 2.45. The van der Waals surface area contributed by atoms with Gasteiger partial charge in [-0.15, -0.1) is 0 Å². The van der Waals surface area contributed by atoms with E-state index >= 15 is 0 Å². The Morgan fingerprint density at radius 3 is 3.00 bits per heavy atom. The van der Waals surface area contributed by atoms with Crippen LogP contribution in [0.4, 0.5) is 0 Å². The molecule has 1 saturated heterocycles. The summed E-state index contributed by atoms with van der Waals surface area (Å²) in [4.78, 5) is 9.15. The molecule has 1 aromatic rings. The van der Waals surface area contributed by atoms with Crippen LogP contribution in [0.25, 0.3) is 0 Å². The molecule has 0 amide bonds. The van der Waals surface area contributed by atoms with Crippen molar-refractivity contribution in [1.29, 1.82) is 0 Å². The second kappa shape index (κ2) is 7.40. The van der Waals surface area contributed by atoms with Crippen LogP contribution in [0.5, 0.6) is 0 Å². The van der Waals surface area contributed by atoms with Crippen LogP contribution in [-0.2, 0) is 0 Å². The van der Waals surface area contributed by atoms with Gasteiger partial charge in [0.05, 0.1) is 12.1 Å². The second-order valence-corrected chi connectivity index (χ2v) is 6.48. The summed E-state index contributed by atoms with van der Waals surface area (Å²) in [7, 11) is 4.25. The molecule has 2 atom stereocenters. The van der Waals surface area contributed by atoms with E-state index in [-0.39, 0.29) is 12.1 Å². The zero-order valence-electron chi connectivity index (χ0n) is 12.6. The summed E-state index contributed by atoms with van der Waals surface area (Å²) in [6, 6.07) is 0.0327. The predicted molar refractivity (Wildman–Crippen MR) is 81.7 cm³/mol. The highest BCUT2D eigenvalue weighted by molar-refractivity contribution is 7.98. The number of hydrogen-bond acceptors (Lipinski definition) is 7. The van der Waals surface area contributed by atoms with E-state index in [1.807, 2.05) is 0 Å². The van der Waals surface area contributed by atoms with E-state index in [9.17, 15) is 0 Å². The third-order valence-corrected chi connectivity index (χ3v) is 4.42. The number of likely N-dealkylation sites (N-methyl/N-ethyl adjacent to an activating group) is 2. The Bertz CT molecular complexity index is 413. The van der Waals surface area contributed by atoms with Gasteiger partial charge >= 0.3 is 0 Å². The number of thioether (sulfide) groups is 1. The van der Waals surface area contributed by atoms with Gasteiger partial charge in [0.25, 0.3) is 0 Å². The van der Waals surface area contributed by atoms with E-state index in [0.717, 1.165) is 37.6 Å². The van der Waals surface area contributed by atoms with E-state index < -0.39 is 0 Å². The molecule has 2 N–H and O–H groups in total. The lowest BCUT2D eigenvalue weighted by Crippen LogP contribution is -2.31. The first-order valence-electron chi connectivity index (χ1n) is 7.08. The van der Waals surface area contributed by atoms with Crippen LogP contribution >= 0.6 is 11.8 Å². The van der Waals surface area contributed by atoms with Gasteiger partial charge in [-0.2, -0.15) is 16.7 Å². The molecule has 0 aromatic carbocycles. The molecule has 20 heavy (non-hydrogen) atoms. The Balaban J connectivity index is 2.06. The van der Waals surface area contributed by atoms with Crippen molar-refractivity contribution in [2.45, 2.75) is 24.9 Å². The minimum Gasteiger partial charge on any atom is -0.338 e. The lowest BCUT2D eigenvalue weighted by atomic mass is 10.2. The van der Waals surface area contributed by atoms with E-state index in [2.05, 4.69) is 40.3 Å². The highest BCUT2D eigenvalue weighted by atomic mass is 32.2. The van der Waals surface area contributed by atoms with Crippen molar-refractivity contribution in [1.82, 2.24) is 19.9 Å². The monoisotopic (exact) mass is 299 g/mol. The van der Waals surface area contributed by atoms with Crippen LogP contribution in [-0.4, -0.2) is 65.7 Å². The molecular weight excluding hydrogens is 274 g/mol. The summed E-state index contributed by atoms with van der Waals surface area (Å²) in [5.41, 5.74) is 6.08. The minimum absolute atomic E-state index is 0.155. The largest absolute Gasteiger partial charge is 0.338 e. The van der Waals surface area contributed by atoms with Gasteiger partial charge in [-0.1, -0.05) is 5.16 Å². The van der Waals surface area contributed by atoms with Gasteiger partial charge in [-0.25, -0.2) is 0 Å². The standard InChI is InChI=1S/C13H25N5OS/c1-17-6-4-7-18(2)11(9-17)12-15-13(19-16-12)10(14)5-8-20-3/h10-11H,4-9,14H2,1-3H3. The fraction of sp³-hybridized carbons (Fsp3) is 0.846. The smallest absolute Gasteiger partial charge is 0.243 e. The molecule has 1 aromatic heterocycles. The topological polar surface area (TPSA) is 71.4 Å². The van der Waals surface area contributed by atoms with E-state index in [0.29, 0.717) is 5.89 Å². The molecule has 2 unspecified atom stereocenters. The highest BCUT2D eigenvalue weighted by Gasteiger charge is 2.27. The number of nitrogens with zero attached hydrogens (tertiary/aromatic N) is 4. The molecule has 1 aliphatic heterocycles. The van der Waals surface area contributed by atoms with Crippen molar-refractivity contribution in [2.75, 3.05) is 45.7 Å². The van der Waals surface area contributed by atoms with Gasteiger partial charge in [0, 0.05) is 6.54 Å². The lowest BCUT2D eigenvalue weighted by Gasteiger charge is -2.24. The third-order valence-electron chi connectivity index (χ3n) is 3.77. The number of hydrogen-bond donors (Lipinski definition) is 1. The SMILES string of the molecule is CSCCC(N)c1nc(C2CN(C)CCCN2C)no1.